The van der Waals surface area contributed by atoms with Crippen LogP contribution < -0.4 is 16.0 Å². The first kappa shape index (κ1) is 12.0. The molecule has 1 atom stereocenters. The molecule has 3 heteroatoms. The molecule has 3 nitrogen and oxygen atoms in total. The van der Waals surface area contributed by atoms with Crippen LogP contribution in [0.3, 0.4) is 0 Å². The SMILES string of the molecule is CCC(NN)c1c(C)cc(C)cc1OC. The Labute approximate surface area is 91.6 Å². The van der Waals surface area contributed by atoms with Crippen molar-refractivity contribution in [3.8, 4) is 5.75 Å². The van der Waals surface area contributed by atoms with Crippen LogP contribution >= 0.6 is 0 Å². The zero-order chi connectivity index (χ0) is 11.4. The highest BCUT2D eigenvalue weighted by Crippen LogP contribution is 2.31. The number of hydrogen-bond acceptors (Lipinski definition) is 3. The molecule has 3 N–H and O–H groups in total. The largest absolute Gasteiger partial charge is 0.496 e. The third-order valence-corrected chi connectivity index (χ3v) is 2.67. The molecule has 84 valence electrons. The van der Waals surface area contributed by atoms with Gasteiger partial charge < -0.3 is 4.74 Å². The van der Waals surface area contributed by atoms with E-state index in [1.54, 1.807) is 7.11 Å². The summed E-state index contributed by atoms with van der Waals surface area (Å²) in [5.74, 6) is 6.45. The molecule has 15 heavy (non-hydrogen) atoms. The molecule has 0 fully saturated rings. The monoisotopic (exact) mass is 208 g/mol. The number of ether oxygens (including phenoxy) is 1. The summed E-state index contributed by atoms with van der Waals surface area (Å²) in [6.07, 6.45) is 0.941. The van der Waals surface area contributed by atoms with Gasteiger partial charge in [-0.15, -0.1) is 0 Å². The number of hydrogen-bond donors (Lipinski definition) is 2. The molecule has 0 bridgehead atoms. The van der Waals surface area contributed by atoms with Gasteiger partial charge in [-0.05, 0) is 37.5 Å². The van der Waals surface area contributed by atoms with E-state index in [2.05, 4.69) is 32.3 Å². The molecule has 1 aromatic rings. The maximum Gasteiger partial charge on any atom is 0.124 e. The van der Waals surface area contributed by atoms with E-state index in [1.165, 1.54) is 11.1 Å². The summed E-state index contributed by atoms with van der Waals surface area (Å²) >= 11 is 0. The van der Waals surface area contributed by atoms with E-state index >= 15 is 0 Å². The summed E-state index contributed by atoms with van der Waals surface area (Å²) in [6.45, 7) is 6.25. The first-order chi connectivity index (χ1) is 7.13. The van der Waals surface area contributed by atoms with Crippen LogP contribution in [0.25, 0.3) is 0 Å². The minimum atomic E-state index is 0.153. The molecule has 0 spiro atoms. The van der Waals surface area contributed by atoms with Crippen LogP contribution in [0.5, 0.6) is 5.75 Å². The lowest BCUT2D eigenvalue weighted by Crippen LogP contribution is -2.28. The second-order valence-corrected chi connectivity index (χ2v) is 3.83. The fraction of sp³-hybridized carbons (Fsp3) is 0.500. The van der Waals surface area contributed by atoms with Crippen LogP contribution in [-0.2, 0) is 0 Å². The number of rotatable bonds is 4. The van der Waals surface area contributed by atoms with E-state index in [0.29, 0.717) is 0 Å². The second kappa shape index (κ2) is 5.14. The van der Waals surface area contributed by atoms with Crippen molar-refractivity contribution in [2.75, 3.05) is 7.11 Å². The maximum absolute atomic E-state index is 5.54. The topological polar surface area (TPSA) is 47.3 Å². The zero-order valence-corrected chi connectivity index (χ0v) is 9.92. The average molecular weight is 208 g/mol. The number of benzene rings is 1. The lowest BCUT2D eigenvalue weighted by Gasteiger charge is -2.20. The van der Waals surface area contributed by atoms with Gasteiger partial charge >= 0.3 is 0 Å². The Morgan fingerprint density at radius 3 is 2.53 bits per heavy atom. The first-order valence-corrected chi connectivity index (χ1v) is 5.25. The quantitative estimate of drug-likeness (QED) is 0.589. The fourth-order valence-corrected chi connectivity index (χ4v) is 1.96. The molecule has 1 aromatic carbocycles. The van der Waals surface area contributed by atoms with E-state index < -0.39 is 0 Å². The third-order valence-electron chi connectivity index (χ3n) is 2.67. The van der Waals surface area contributed by atoms with Gasteiger partial charge in [-0.2, -0.15) is 0 Å². The summed E-state index contributed by atoms with van der Waals surface area (Å²) in [4.78, 5) is 0. The van der Waals surface area contributed by atoms with Crippen LogP contribution in [-0.4, -0.2) is 7.11 Å². The Morgan fingerprint density at radius 1 is 1.40 bits per heavy atom. The Kier molecular flexibility index (Phi) is 4.12. The summed E-state index contributed by atoms with van der Waals surface area (Å²) in [5.41, 5.74) is 6.41. The highest BCUT2D eigenvalue weighted by Gasteiger charge is 2.15. The average Bonchev–Trinajstić information content (AvgIpc) is 2.21. The van der Waals surface area contributed by atoms with Gasteiger partial charge in [-0.1, -0.05) is 13.0 Å². The van der Waals surface area contributed by atoms with Gasteiger partial charge in [0, 0.05) is 11.6 Å². The van der Waals surface area contributed by atoms with Crippen molar-refractivity contribution >= 4 is 0 Å². The fourth-order valence-electron chi connectivity index (χ4n) is 1.96. The maximum atomic E-state index is 5.54. The Balaban J connectivity index is 3.24. The van der Waals surface area contributed by atoms with Gasteiger partial charge in [0.1, 0.15) is 5.75 Å². The summed E-state index contributed by atoms with van der Waals surface area (Å²) in [5, 5.41) is 0. The van der Waals surface area contributed by atoms with Crippen LogP contribution in [0.15, 0.2) is 12.1 Å². The smallest absolute Gasteiger partial charge is 0.124 e. The Morgan fingerprint density at radius 2 is 2.07 bits per heavy atom. The lowest BCUT2D eigenvalue weighted by atomic mass is 9.96. The number of hydrazine groups is 1. The predicted molar refractivity (Wildman–Crippen MR) is 62.8 cm³/mol. The van der Waals surface area contributed by atoms with E-state index in [1.807, 2.05) is 6.07 Å². The summed E-state index contributed by atoms with van der Waals surface area (Å²) in [6, 6.07) is 4.35. The van der Waals surface area contributed by atoms with E-state index in [0.717, 1.165) is 17.7 Å². The normalized spacial score (nSPS) is 12.6. The molecule has 0 aromatic heterocycles. The highest BCUT2D eigenvalue weighted by atomic mass is 16.5. The molecule has 1 unspecified atom stereocenters. The van der Waals surface area contributed by atoms with Gasteiger partial charge in [0.2, 0.25) is 0 Å². The Hall–Kier alpha value is -1.06. The van der Waals surface area contributed by atoms with Gasteiger partial charge in [0.15, 0.2) is 0 Å². The highest BCUT2D eigenvalue weighted by molar-refractivity contribution is 5.44. The van der Waals surface area contributed by atoms with Crippen molar-refractivity contribution in [1.82, 2.24) is 5.43 Å². The molecule has 1 rings (SSSR count). The van der Waals surface area contributed by atoms with Crippen LogP contribution in [0.2, 0.25) is 0 Å². The molecule has 0 aliphatic heterocycles. The molecule has 0 aliphatic rings. The van der Waals surface area contributed by atoms with Gasteiger partial charge in [0.25, 0.3) is 0 Å². The summed E-state index contributed by atoms with van der Waals surface area (Å²) in [7, 11) is 1.70. The molecule has 0 aliphatic carbocycles. The molecule has 0 amide bonds. The standard InChI is InChI=1S/C12H20N2O/c1-5-10(14-13)12-9(3)6-8(2)7-11(12)15-4/h6-7,10,14H,5,13H2,1-4H3. The minimum absolute atomic E-state index is 0.153. The van der Waals surface area contributed by atoms with Crippen molar-refractivity contribution in [3.63, 3.8) is 0 Å². The number of nitrogens with one attached hydrogen (secondary N) is 1. The lowest BCUT2D eigenvalue weighted by molar-refractivity contribution is 0.396. The van der Waals surface area contributed by atoms with Crippen LogP contribution in [0.1, 0.15) is 36.1 Å². The number of methoxy groups -OCH3 is 1. The zero-order valence-electron chi connectivity index (χ0n) is 9.92. The van der Waals surface area contributed by atoms with Crippen LogP contribution in [0, 0.1) is 13.8 Å². The van der Waals surface area contributed by atoms with E-state index in [-0.39, 0.29) is 6.04 Å². The Bertz CT molecular complexity index is 333. The van der Waals surface area contributed by atoms with Crippen molar-refractivity contribution in [2.45, 2.75) is 33.2 Å². The molecule has 0 heterocycles. The summed E-state index contributed by atoms with van der Waals surface area (Å²) < 4.78 is 5.40. The molecule has 0 saturated heterocycles. The van der Waals surface area contributed by atoms with Crippen molar-refractivity contribution in [1.29, 1.82) is 0 Å². The van der Waals surface area contributed by atoms with Crippen molar-refractivity contribution < 1.29 is 4.74 Å². The van der Waals surface area contributed by atoms with E-state index in [4.69, 9.17) is 10.6 Å². The third kappa shape index (κ3) is 2.49. The first-order valence-electron chi connectivity index (χ1n) is 5.25. The van der Waals surface area contributed by atoms with Crippen molar-refractivity contribution in [2.24, 2.45) is 5.84 Å². The molecular formula is C12H20N2O. The second-order valence-electron chi connectivity index (χ2n) is 3.83. The number of nitrogens with two attached hydrogens (primary N) is 1. The van der Waals surface area contributed by atoms with Gasteiger partial charge in [-0.3, -0.25) is 11.3 Å². The van der Waals surface area contributed by atoms with E-state index in [9.17, 15) is 0 Å². The van der Waals surface area contributed by atoms with Crippen molar-refractivity contribution in [3.05, 3.63) is 28.8 Å². The van der Waals surface area contributed by atoms with Gasteiger partial charge in [-0.25, -0.2) is 0 Å². The molecule has 0 radical (unpaired) electrons. The number of aryl methyl sites for hydroxylation is 2. The minimum Gasteiger partial charge on any atom is -0.496 e. The predicted octanol–water partition coefficient (Wildman–Crippen LogP) is 2.23. The molecule has 0 saturated carbocycles. The molecular weight excluding hydrogens is 188 g/mol. The van der Waals surface area contributed by atoms with Crippen LogP contribution in [0.4, 0.5) is 0 Å². The van der Waals surface area contributed by atoms with Gasteiger partial charge in [0.05, 0.1) is 7.11 Å².